The first-order valence-corrected chi connectivity index (χ1v) is 9.82. The van der Waals surface area contributed by atoms with Gasteiger partial charge in [-0.05, 0) is 29.8 Å². The van der Waals surface area contributed by atoms with E-state index < -0.39 is 0 Å². The number of nitrogens with zero attached hydrogens (tertiary/aromatic N) is 1. The standard InChI is InChI=1S/C21H17NO4S2/c1-24-16-7-3-2-5-15(16)6-4-8-19-20(23)22(21(27)28-19)12-14-9-10-17-18(11-14)26-13-25-17/h2-11H,12-13H2,1H3/b6-4+,19-8-. The third-order valence-corrected chi connectivity index (χ3v) is 5.71. The van der Waals surface area contributed by atoms with Crippen molar-refractivity contribution in [1.82, 2.24) is 4.90 Å². The van der Waals surface area contributed by atoms with Gasteiger partial charge in [0, 0.05) is 5.56 Å². The minimum atomic E-state index is -0.0997. The maximum atomic E-state index is 12.8. The summed E-state index contributed by atoms with van der Waals surface area (Å²) >= 11 is 6.71. The molecule has 2 heterocycles. The summed E-state index contributed by atoms with van der Waals surface area (Å²) < 4.78 is 16.6. The first-order chi connectivity index (χ1) is 13.7. The molecule has 4 rings (SSSR count). The van der Waals surface area contributed by atoms with Gasteiger partial charge in [0.15, 0.2) is 11.5 Å². The summed E-state index contributed by atoms with van der Waals surface area (Å²) in [5, 5.41) is 0. The predicted octanol–water partition coefficient (Wildman–Crippen LogP) is 4.38. The number of carbonyl (C=O) groups is 1. The van der Waals surface area contributed by atoms with Crippen molar-refractivity contribution >= 4 is 40.3 Å². The fourth-order valence-corrected chi connectivity index (χ4v) is 4.12. The molecule has 1 fully saturated rings. The molecule has 0 radical (unpaired) electrons. The number of ether oxygens (including phenoxy) is 3. The first kappa shape index (κ1) is 18.6. The van der Waals surface area contributed by atoms with Crippen LogP contribution in [0.25, 0.3) is 6.08 Å². The van der Waals surface area contributed by atoms with Crippen LogP contribution >= 0.6 is 24.0 Å². The lowest BCUT2D eigenvalue weighted by molar-refractivity contribution is -0.122. The number of amides is 1. The summed E-state index contributed by atoms with van der Waals surface area (Å²) in [6.45, 7) is 0.621. The molecule has 2 aliphatic heterocycles. The largest absolute Gasteiger partial charge is 0.496 e. The second-order valence-corrected chi connectivity index (χ2v) is 7.75. The van der Waals surface area contributed by atoms with E-state index in [4.69, 9.17) is 26.4 Å². The molecular formula is C21H17NO4S2. The maximum absolute atomic E-state index is 12.8. The first-order valence-electron chi connectivity index (χ1n) is 8.59. The molecule has 0 aliphatic carbocycles. The number of thiocarbonyl (C=S) groups is 1. The smallest absolute Gasteiger partial charge is 0.266 e. The van der Waals surface area contributed by atoms with Crippen LogP contribution in [0, 0.1) is 0 Å². The van der Waals surface area contributed by atoms with Crippen molar-refractivity contribution in [3.05, 3.63) is 70.6 Å². The Hall–Kier alpha value is -2.77. The van der Waals surface area contributed by atoms with Gasteiger partial charge in [0.05, 0.1) is 18.6 Å². The molecule has 7 heteroatoms. The van der Waals surface area contributed by atoms with Crippen molar-refractivity contribution in [1.29, 1.82) is 0 Å². The minimum absolute atomic E-state index is 0.0997. The molecule has 1 amide bonds. The summed E-state index contributed by atoms with van der Waals surface area (Å²) in [5.74, 6) is 2.09. The molecule has 2 aromatic rings. The van der Waals surface area contributed by atoms with Crippen molar-refractivity contribution in [2.75, 3.05) is 13.9 Å². The van der Waals surface area contributed by atoms with Gasteiger partial charge in [0.25, 0.3) is 5.91 Å². The lowest BCUT2D eigenvalue weighted by Crippen LogP contribution is -2.27. The number of rotatable bonds is 5. The predicted molar refractivity (Wildman–Crippen MR) is 113 cm³/mol. The number of allylic oxidation sites excluding steroid dienone is 2. The molecule has 142 valence electrons. The lowest BCUT2D eigenvalue weighted by Gasteiger charge is -2.14. The molecular weight excluding hydrogens is 394 g/mol. The minimum Gasteiger partial charge on any atom is -0.496 e. The Balaban J connectivity index is 1.47. The monoisotopic (exact) mass is 411 g/mol. The molecule has 2 aromatic carbocycles. The molecule has 0 bridgehead atoms. The van der Waals surface area contributed by atoms with E-state index in [-0.39, 0.29) is 12.7 Å². The van der Waals surface area contributed by atoms with Crippen LogP contribution in [0.4, 0.5) is 0 Å². The number of methoxy groups -OCH3 is 1. The number of thioether (sulfide) groups is 1. The van der Waals surface area contributed by atoms with Crippen LogP contribution in [-0.2, 0) is 11.3 Å². The van der Waals surface area contributed by atoms with Gasteiger partial charge in [-0.1, -0.05) is 60.4 Å². The molecule has 0 spiro atoms. The number of hydrogen-bond acceptors (Lipinski definition) is 6. The number of fused-ring (bicyclic) bond motifs is 1. The zero-order valence-electron chi connectivity index (χ0n) is 15.1. The van der Waals surface area contributed by atoms with E-state index in [1.165, 1.54) is 11.8 Å². The quantitative estimate of drug-likeness (QED) is 0.538. The number of para-hydroxylation sites is 1. The summed E-state index contributed by atoms with van der Waals surface area (Å²) in [7, 11) is 1.63. The van der Waals surface area contributed by atoms with Gasteiger partial charge in [0.1, 0.15) is 10.1 Å². The second kappa shape index (κ2) is 8.08. The Bertz CT molecular complexity index is 1000. The number of hydrogen-bond donors (Lipinski definition) is 0. The van der Waals surface area contributed by atoms with Crippen molar-refractivity contribution in [3.8, 4) is 17.2 Å². The number of carbonyl (C=O) groups excluding carboxylic acids is 1. The lowest BCUT2D eigenvalue weighted by atomic mass is 10.2. The molecule has 0 aromatic heterocycles. The molecule has 28 heavy (non-hydrogen) atoms. The molecule has 0 saturated carbocycles. The highest BCUT2D eigenvalue weighted by molar-refractivity contribution is 8.26. The second-order valence-electron chi connectivity index (χ2n) is 6.08. The van der Waals surface area contributed by atoms with Crippen molar-refractivity contribution in [3.63, 3.8) is 0 Å². The Morgan fingerprint density at radius 1 is 1.21 bits per heavy atom. The summed E-state index contributed by atoms with van der Waals surface area (Å²) in [6, 6.07) is 13.3. The van der Waals surface area contributed by atoms with Crippen LogP contribution in [-0.4, -0.2) is 29.0 Å². The Morgan fingerprint density at radius 3 is 2.89 bits per heavy atom. The third-order valence-electron chi connectivity index (χ3n) is 4.31. The van der Waals surface area contributed by atoms with Gasteiger partial charge < -0.3 is 14.2 Å². The van der Waals surface area contributed by atoms with E-state index in [0.29, 0.717) is 21.5 Å². The van der Waals surface area contributed by atoms with E-state index in [9.17, 15) is 4.79 Å². The molecule has 2 aliphatic rings. The third kappa shape index (κ3) is 3.76. The van der Waals surface area contributed by atoms with Crippen molar-refractivity contribution in [2.24, 2.45) is 0 Å². The van der Waals surface area contributed by atoms with Gasteiger partial charge in [-0.2, -0.15) is 0 Å². The van der Waals surface area contributed by atoms with Crippen LogP contribution in [0.15, 0.2) is 59.5 Å². The van der Waals surface area contributed by atoms with E-state index in [1.807, 2.05) is 54.6 Å². The molecule has 5 nitrogen and oxygen atoms in total. The fraction of sp³-hybridized carbons (Fsp3) is 0.143. The molecule has 0 N–H and O–H groups in total. The highest BCUT2D eigenvalue weighted by Gasteiger charge is 2.31. The van der Waals surface area contributed by atoms with Gasteiger partial charge >= 0.3 is 0 Å². The Kier molecular flexibility index (Phi) is 5.36. The Labute approximate surface area is 172 Å². The SMILES string of the molecule is COc1ccccc1/C=C/C=C1\SC(=S)N(Cc2ccc3c(c2)OCO3)C1=O. The molecule has 1 saturated heterocycles. The Morgan fingerprint density at radius 2 is 2.04 bits per heavy atom. The number of benzene rings is 2. The van der Waals surface area contributed by atoms with Crippen LogP contribution < -0.4 is 14.2 Å². The zero-order chi connectivity index (χ0) is 19.5. The van der Waals surface area contributed by atoms with E-state index >= 15 is 0 Å². The normalized spacial score (nSPS) is 17.2. The van der Waals surface area contributed by atoms with Gasteiger partial charge in [-0.15, -0.1) is 0 Å². The van der Waals surface area contributed by atoms with Crippen molar-refractivity contribution in [2.45, 2.75) is 6.54 Å². The van der Waals surface area contributed by atoms with Crippen LogP contribution in [0.1, 0.15) is 11.1 Å². The van der Waals surface area contributed by atoms with E-state index in [2.05, 4.69) is 0 Å². The molecule has 0 unspecified atom stereocenters. The van der Waals surface area contributed by atoms with Gasteiger partial charge in [0.2, 0.25) is 6.79 Å². The topological polar surface area (TPSA) is 48.0 Å². The van der Waals surface area contributed by atoms with E-state index in [1.54, 1.807) is 18.1 Å². The maximum Gasteiger partial charge on any atom is 0.266 e. The molecule has 0 atom stereocenters. The van der Waals surface area contributed by atoms with Gasteiger partial charge in [-0.25, -0.2) is 0 Å². The van der Waals surface area contributed by atoms with Gasteiger partial charge in [-0.3, -0.25) is 9.69 Å². The fourth-order valence-electron chi connectivity index (χ4n) is 2.92. The van der Waals surface area contributed by atoms with Crippen LogP contribution in [0.5, 0.6) is 17.2 Å². The average Bonchev–Trinajstić information content (AvgIpc) is 3.28. The van der Waals surface area contributed by atoms with Crippen LogP contribution in [0.2, 0.25) is 0 Å². The summed E-state index contributed by atoms with van der Waals surface area (Å²) in [5.41, 5.74) is 1.88. The highest BCUT2D eigenvalue weighted by Crippen LogP contribution is 2.35. The highest BCUT2D eigenvalue weighted by atomic mass is 32.2. The summed E-state index contributed by atoms with van der Waals surface area (Å²) in [4.78, 5) is 14.9. The van der Waals surface area contributed by atoms with E-state index in [0.717, 1.165) is 22.6 Å². The van der Waals surface area contributed by atoms with Crippen molar-refractivity contribution < 1.29 is 19.0 Å². The summed E-state index contributed by atoms with van der Waals surface area (Å²) in [6.07, 6.45) is 5.53. The average molecular weight is 412 g/mol. The zero-order valence-corrected chi connectivity index (χ0v) is 16.7. The van der Waals surface area contributed by atoms with Crippen LogP contribution in [0.3, 0.4) is 0 Å².